The van der Waals surface area contributed by atoms with E-state index in [1.165, 1.54) is 12.5 Å². The molecule has 1 heterocycles. The highest BCUT2D eigenvalue weighted by Crippen LogP contribution is 2.40. The van der Waals surface area contributed by atoms with Crippen LogP contribution in [0.25, 0.3) is 0 Å². The molecule has 24 heavy (non-hydrogen) atoms. The first-order valence-electron chi connectivity index (χ1n) is 8.78. The number of alkyl halides is 3. The average Bonchev–Trinajstić information content (AvgIpc) is 2.58. The van der Waals surface area contributed by atoms with Gasteiger partial charge in [0, 0.05) is 37.8 Å². The van der Waals surface area contributed by atoms with E-state index >= 15 is 0 Å². The summed E-state index contributed by atoms with van der Waals surface area (Å²) >= 11 is 0. The van der Waals surface area contributed by atoms with Crippen molar-refractivity contribution in [2.45, 2.75) is 44.3 Å². The van der Waals surface area contributed by atoms with E-state index in [1.54, 1.807) is 0 Å². The van der Waals surface area contributed by atoms with Crippen molar-refractivity contribution in [1.82, 2.24) is 10.2 Å². The van der Waals surface area contributed by atoms with Gasteiger partial charge in [-0.25, -0.2) is 4.39 Å². The van der Waals surface area contributed by atoms with E-state index in [4.69, 9.17) is 0 Å². The third-order valence-electron chi connectivity index (χ3n) is 5.29. The largest absolute Gasteiger partial charge is 0.416 e. The van der Waals surface area contributed by atoms with Crippen molar-refractivity contribution in [1.29, 1.82) is 0 Å². The fourth-order valence-corrected chi connectivity index (χ4v) is 4.10. The van der Waals surface area contributed by atoms with Gasteiger partial charge in [0.25, 0.3) is 0 Å². The molecular weight excluding hydrogens is 320 g/mol. The zero-order chi connectivity index (χ0) is 17.2. The molecule has 0 spiro atoms. The second kappa shape index (κ2) is 7.40. The van der Waals surface area contributed by atoms with Gasteiger partial charge < -0.3 is 5.32 Å². The standard InChI is InChI=1S/C18H24F4N2/c19-16-12-14(18(20,21)22)6-7-15(16)17(13-4-2-1-3-5-13)24-10-8-23-9-11-24/h6-7,12-13,17,23H,1-5,8-11H2/t17-/m0/s1. The van der Waals surface area contributed by atoms with Gasteiger partial charge >= 0.3 is 6.18 Å². The Labute approximate surface area is 140 Å². The monoisotopic (exact) mass is 344 g/mol. The van der Waals surface area contributed by atoms with Crippen LogP contribution in [-0.4, -0.2) is 31.1 Å². The van der Waals surface area contributed by atoms with Crippen LogP contribution >= 0.6 is 0 Å². The number of piperazine rings is 1. The van der Waals surface area contributed by atoms with Gasteiger partial charge in [0.2, 0.25) is 0 Å². The summed E-state index contributed by atoms with van der Waals surface area (Å²) in [6.07, 6.45) is 0.976. The van der Waals surface area contributed by atoms with Crippen LogP contribution in [0.15, 0.2) is 18.2 Å². The zero-order valence-electron chi connectivity index (χ0n) is 13.7. The fourth-order valence-electron chi connectivity index (χ4n) is 4.10. The molecular formula is C18H24F4N2. The van der Waals surface area contributed by atoms with E-state index in [0.29, 0.717) is 17.5 Å². The molecule has 0 radical (unpaired) electrons. The molecule has 2 nitrogen and oxygen atoms in total. The Balaban J connectivity index is 1.92. The second-order valence-electron chi connectivity index (χ2n) is 6.86. The molecule has 134 valence electrons. The Morgan fingerprint density at radius 1 is 1.04 bits per heavy atom. The quantitative estimate of drug-likeness (QED) is 0.819. The normalized spacial score (nSPS) is 22.5. The molecule has 6 heteroatoms. The Morgan fingerprint density at radius 3 is 2.29 bits per heavy atom. The molecule has 1 aliphatic heterocycles. The number of hydrogen-bond donors (Lipinski definition) is 1. The second-order valence-corrected chi connectivity index (χ2v) is 6.86. The van der Waals surface area contributed by atoms with Crippen molar-refractivity contribution >= 4 is 0 Å². The number of halogens is 4. The summed E-state index contributed by atoms with van der Waals surface area (Å²) in [4.78, 5) is 2.25. The lowest BCUT2D eigenvalue weighted by molar-refractivity contribution is -0.137. The first-order valence-corrected chi connectivity index (χ1v) is 8.78. The van der Waals surface area contributed by atoms with Crippen molar-refractivity contribution in [3.63, 3.8) is 0 Å². The Morgan fingerprint density at radius 2 is 1.71 bits per heavy atom. The molecule has 1 aromatic rings. The molecule has 0 bridgehead atoms. The maximum Gasteiger partial charge on any atom is 0.416 e. The van der Waals surface area contributed by atoms with Gasteiger partial charge in [0.1, 0.15) is 5.82 Å². The van der Waals surface area contributed by atoms with Gasteiger partial charge in [-0.1, -0.05) is 25.3 Å². The molecule has 2 aliphatic rings. The van der Waals surface area contributed by atoms with Crippen LogP contribution in [0.2, 0.25) is 0 Å². The number of nitrogens with zero attached hydrogens (tertiary/aromatic N) is 1. The van der Waals surface area contributed by atoms with Gasteiger partial charge in [-0.05, 0) is 30.9 Å². The first-order chi connectivity index (χ1) is 11.5. The van der Waals surface area contributed by atoms with Gasteiger partial charge in [-0.3, -0.25) is 4.90 Å². The van der Waals surface area contributed by atoms with E-state index in [0.717, 1.165) is 57.9 Å². The number of benzene rings is 1. The van der Waals surface area contributed by atoms with Crippen molar-refractivity contribution in [2.24, 2.45) is 5.92 Å². The molecule has 1 N–H and O–H groups in total. The SMILES string of the molecule is Fc1cc(C(F)(F)F)ccc1[C@H](C1CCCCC1)N1CCNCC1. The summed E-state index contributed by atoms with van der Waals surface area (Å²) in [5.74, 6) is -0.401. The molecule has 0 unspecified atom stereocenters. The minimum absolute atomic E-state index is 0.116. The average molecular weight is 344 g/mol. The molecule has 1 aliphatic carbocycles. The zero-order valence-corrected chi connectivity index (χ0v) is 13.7. The number of nitrogens with one attached hydrogen (secondary N) is 1. The molecule has 0 aromatic heterocycles. The molecule has 3 rings (SSSR count). The summed E-state index contributed by atoms with van der Waals surface area (Å²) in [6.45, 7) is 3.29. The topological polar surface area (TPSA) is 15.3 Å². The van der Waals surface area contributed by atoms with Gasteiger partial charge in [0.05, 0.1) is 5.56 Å². The van der Waals surface area contributed by atoms with E-state index in [9.17, 15) is 17.6 Å². The Hall–Kier alpha value is -1.14. The summed E-state index contributed by atoms with van der Waals surface area (Å²) in [7, 11) is 0. The van der Waals surface area contributed by atoms with E-state index in [1.807, 2.05) is 0 Å². The van der Waals surface area contributed by atoms with Crippen LogP contribution < -0.4 is 5.32 Å². The van der Waals surface area contributed by atoms with Crippen LogP contribution in [-0.2, 0) is 6.18 Å². The summed E-state index contributed by atoms with van der Waals surface area (Å²) < 4.78 is 53.1. The van der Waals surface area contributed by atoms with Crippen molar-refractivity contribution in [3.8, 4) is 0 Å². The molecule has 1 aromatic carbocycles. The van der Waals surface area contributed by atoms with Crippen LogP contribution in [0.4, 0.5) is 17.6 Å². The van der Waals surface area contributed by atoms with Crippen molar-refractivity contribution in [3.05, 3.63) is 35.1 Å². The minimum atomic E-state index is -4.51. The van der Waals surface area contributed by atoms with E-state index in [-0.39, 0.29) is 6.04 Å². The maximum atomic E-state index is 14.6. The highest BCUT2D eigenvalue weighted by molar-refractivity contribution is 5.29. The molecule has 1 saturated carbocycles. The van der Waals surface area contributed by atoms with Crippen LogP contribution in [0.3, 0.4) is 0 Å². The lowest BCUT2D eigenvalue weighted by atomic mass is 9.80. The fraction of sp³-hybridized carbons (Fsp3) is 0.667. The third kappa shape index (κ3) is 3.91. The van der Waals surface area contributed by atoms with Gasteiger partial charge in [-0.15, -0.1) is 0 Å². The van der Waals surface area contributed by atoms with E-state index in [2.05, 4.69) is 10.2 Å². The minimum Gasteiger partial charge on any atom is -0.314 e. The Bertz CT molecular complexity index is 528. The molecule has 0 amide bonds. The molecule has 1 saturated heterocycles. The lowest BCUT2D eigenvalue weighted by Crippen LogP contribution is -2.47. The number of rotatable bonds is 3. The van der Waals surface area contributed by atoms with Crippen LogP contribution in [0.1, 0.15) is 49.3 Å². The summed E-state index contributed by atoms with van der Waals surface area (Å²) in [6, 6.07) is 2.93. The smallest absolute Gasteiger partial charge is 0.314 e. The predicted molar refractivity (Wildman–Crippen MR) is 85.2 cm³/mol. The van der Waals surface area contributed by atoms with Gasteiger partial charge in [0.15, 0.2) is 0 Å². The Kier molecular flexibility index (Phi) is 5.45. The van der Waals surface area contributed by atoms with Crippen molar-refractivity contribution in [2.75, 3.05) is 26.2 Å². The highest BCUT2D eigenvalue weighted by Gasteiger charge is 2.35. The highest BCUT2D eigenvalue weighted by atomic mass is 19.4. The van der Waals surface area contributed by atoms with E-state index < -0.39 is 17.6 Å². The predicted octanol–water partition coefficient (Wildman–Crippen LogP) is 4.37. The van der Waals surface area contributed by atoms with Crippen molar-refractivity contribution < 1.29 is 17.6 Å². The van der Waals surface area contributed by atoms with Crippen LogP contribution in [0.5, 0.6) is 0 Å². The van der Waals surface area contributed by atoms with Crippen LogP contribution in [0, 0.1) is 11.7 Å². The molecule has 2 fully saturated rings. The maximum absolute atomic E-state index is 14.6. The summed E-state index contributed by atoms with van der Waals surface area (Å²) in [5, 5.41) is 3.28. The first kappa shape index (κ1) is 17.7. The lowest BCUT2D eigenvalue weighted by Gasteiger charge is -2.41. The summed E-state index contributed by atoms with van der Waals surface area (Å²) in [5.41, 5.74) is -0.483. The number of hydrogen-bond acceptors (Lipinski definition) is 2. The van der Waals surface area contributed by atoms with Gasteiger partial charge in [-0.2, -0.15) is 13.2 Å². The third-order valence-corrected chi connectivity index (χ3v) is 5.29. The molecule has 1 atom stereocenters.